The van der Waals surface area contributed by atoms with Crippen LogP contribution in [0.2, 0.25) is 0 Å². The molecule has 0 aromatic carbocycles. The number of fused-ring (bicyclic) bond motifs is 2. The fourth-order valence-electron chi connectivity index (χ4n) is 2.66. The van der Waals surface area contributed by atoms with E-state index in [0.717, 1.165) is 41.9 Å². The molecule has 0 amide bonds. The molecule has 0 radical (unpaired) electrons. The highest BCUT2D eigenvalue weighted by Crippen LogP contribution is 2.26. The van der Waals surface area contributed by atoms with E-state index in [2.05, 4.69) is 38.3 Å². The summed E-state index contributed by atoms with van der Waals surface area (Å²) in [5.74, 6) is 8.29. The zero-order valence-corrected chi connectivity index (χ0v) is 13.2. The van der Waals surface area contributed by atoms with Gasteiger partial charge in [-0.3, -0.25) is 0 Å². The number of furan rings is 1. The van der Waals surface area contributed by atoms with Gasteiger partial charge in [0.1, 0.15) is 17.6 Å². The summed E-state index contributed by atoms with van der Waals surface area (Å²) in [6, 6.07) is 2.07. The maximum atomic E-state index is 9.93. The van der Waals surface area contributed by atoms with Crippen molar-refractivity contribution in [1.82, 2.24) is 0 Å². The van der Waals surface area contributed by atoms with E-state index in [9.17, 15) is 5.11 Å². The number of hydrogen-bond acceptors (Lipinski definition) is 2. The zero-order valence-electron chi connectivity index (χ0n) is 13.2. The van der Waals surface area contributed by atoms with Gasteiger partial charge < -0.3 is 9.52 Å². The molecule has 21 heavy (non-hydrogen) atoms. The second-order valence-electron chi connectivity index (χ2n) is 6.07. The molecule has 0 saturated heterocycles. The molecule has 2 heterocycles. The van der Waals surface area contributed by atoms with Crippen LogP contribution >= 0.6 is 0 Å². The molecule has 1 unspecified atom stereocenters. The number of aryl methyl sites for hydroxylation is 1. The minimum atomic E-state index is -0.596. The van der Waals surface area contributed by atoms with Gasteiger partial charge in [-0.2, -0.15) is 0 Å². The van der Waals surface area contributed by atoms with Crippen molar-refractivity contribution in [1.29, 1.82) is 0 Å². The third-order valence-electron chi connectivity index (χ3n) is 3.96. The van der Waals surface area contributed by atoms with E-state index in [1.807, 2.05) is 13.0 Å². The number of hydrogen-bond donors (Lipinski definition) is 1. The van der Waals surface area contributed by atoms with E-state index < -0.39 is 6.10 Å². The molecule has 1 aliphatic rings. The van der Waals surface area contributed by atoms with Crippen LogP contribution in [0.25, 0.3) is 6.08 Å². The molecule has 0 fully saturated rings. The predicted octanol–water partition coefficient (Wildman–Crippen LogP) is 4.27. The monoisotopic (exact) mass is 284 g/mol. The summed E-state index contributed by atoms with van der Waals surface area (Å²) in [5, 5.41) is 9.93. The van der Waals surface area contributed by atoms with Gasteiger partial charge >= 0.3 is 0 Å². The van der Waals surface area contributed by atoms with E-state index >= 15 is 0 Å². The summed E-state index contributed by atoms with van der Waals surface area (Å²) >= 11 is 0. The quantitative estimate of drug-likeness (QED) is 0.617. The van der Waals surface area contributed by atoms with Crippen molar-refractivity contribution in [2.24, 2.45) is 5.92 Å². The van der Waals surface area contributed by atoms with E-state index in [0.29, 0.717) is 12.3 Å². The highest BCUT2D eigenvalue weighted by molar-refractivity contribution is 5.49. The highest BCUT2D eigenvalue weighted by Gasteiger charge is 2.16. The summed E-state index contributed by atoms with van der Waals surface area (Å²) in [5.41, 5.74) is 3.42. The van der Waals surface area contributed by atoms with E-state index in [4.69, 9.17) is 4.42 Å². The minimum Gasteiger partial charge on any atom is -0.461 e. The van der Waals surface area contributed by atoms with Crippen LogP contribution in [0.3, 0.4) is 0 Å². The van der Waals surface area contributed by atoms with Crippen LogP contribution in [0.15, 0.2) is 28.2 Å². The molecule has 1 aliphatic heterocycles. The zero-order chi connectivity index (χ0) is 15.4. The molecule has 0 saturated carbocycles. The third-order valence-corrected chi connectivity index (χ3v) is 3.96. The summed E-state index contributed by atoms with van der Waals surface area (Å²) in [7, 11) is 0. The first-order valence-corrected chi connectivity index (χ1v) is 7.54. The first-order chi connectivity index (χ1) is 9.95. The smallest absolute Gasteiger partial charge is 0.127 e. The molecular weight excluding hydrogens is 260 g/mol. The fourth-order valence-corrected chi connectivity index (χ4v) is 2.66. The van der Waals surface area contributed by atoms with Crippen LogP contribution in [-0.4, -0.2) is 11.2 Å². The van der Waals surface area contributed by atoms with E-state index in [-0.39, 0.29) is 0 Å². The van der Waals surface area contributed by atoms with Crippen molar-refractivity contribution in [3.05, 3.63) is 40.9 Å². The highest BCUT2D eigenvalue weighted by atomic mass is 16.3. The molecule has 2 bridgehead atoms. The third kappa shape index (κ3) is 4.37. The summed E-state index contributed by atoms with van der Waals surface area (Å²) < 4.78 is 5.97. The Hall–Kier alpha value is -1.72. The van der Waals surface area contributed by atoms with Crippen LogP contribution < -0.4 is 0 Å². The van der Waals surface area contributed by atoms with Crippen LogP contribution in [0.1, 0.15) is 50.2 Å². The maximum Gasteiger partial charge on any atom is 0.127 e. The topological polar surface area (TPSA) is 33.4 Å². The SMILES string of the molecule is C=C(C)[C@H]1CCC#CC(O)C/C(C)=C/c2cc(C)c(o2)C1. The van der Waals surface area contributed by atoms with Gasteiger partial charge in [-0.05, 0) is 50.8 Å². The lowest BCUT2D eigenvalue weighted by Gasteiger charge is -2.14. The molecule has 2 heteroatoms. The van der Waals surface area contributed by atoms with Gasteiger partial charge in [-0.15, -0.1) is 5.92 Å². The van der Waals surface area contributed by atoms with Crippen LogP contribution in [-0.2, 0) is 6.42 Å². The van der Waals surface area contributed by atoms with Crippen LogP contribution in [0, 0.1) is 24.7 Å². The second kappa shape index (κ2) is 6.83. The van der Waals surface area contributed by atoms with Crippen LogP contribution in [0.4, 0.5) is 0 Å². The summed E-state index contributed by atoms with van der Waals surface area (Å²) in [4.78, 5) is 0. The Labute approximate surface area is 127 Å². The standard InChI is InChI=1S/C19H24O2/c1-13(2)16-7-5-6-8-17(20)9-14(3)10-18-11-15(4)19(12-16)21-18/h10-11,16-17,20H,1,5,7,9,12H2,2-4H3/b14-10+/t16-,17?/m0/s1. The van der Waals surface area contributed by atoms with Crippen molar-refractivity contribution in [2.45, 2.75) is 52.6 Å². The van der Waals surface area contributed by atoms with Gasteiger partial charge in [0.15, 0.2) is 0 Å². The van der Waals surface area contributed by atoms with Gasteiger partial charge in [0.05, 0.1) is 0 Å². The van der Waals surface area contributed by atoms with Gasteiger partial charge in [0.25, 0.3) is 0 Å². The van der Waals surface area contributed by atoms with Gasteiger partial charge in [0.2, 0.25) is 0 Å². The van der Waals surface area contributed by atoms with Gasteiger partial charge in [0, 0.05) is 19.3 Å². The molecule has 1 aromatic rings. The lowest BCUT2D eigenvalue weighted by Crippen LogP contribution is -2.06. The molecule has 2 atom stereocenters. The Morgan fingerprint density at radius 2 is 2.14 bits per heavy atom. The number of rotatable bonds is 1. The molecule has 0 spiro atoms. The molecular formula is C19H24O2. The summed E-state index contributed by atoms with van der Waals surface area (Å²) in [6.07, 6.45) is 4.57. The minimum absolute atomic E-state index is 0.375. The first kappa shape index (κ1) is 15.7. The van der Waals surface area contributed by atoms with Crippen molar-refractivity contribution in [2.75, 3.05) is 0 Å². The van der Waals surface area contributed by atoms with Crippen molar-refractivity contribution in [3.8, 4) is 11.8 Å². The Balaban J connectivity index is 2.34. The van der Waals surface area contributed by atoms with E-state index in [1.165, 1.54) is 5.56 Å². The van der Waals surface area contributed by atoms with Crippen molar-refractivity contribution >= 4 is 6.08 Å². The lowest BCUT2D eigenvalue weighted by molar-refractivity contribution is 0.233. The Morgan fingerprint density at radius 3 is 2.86 bits per heavy atom. The number of allylic oxidation sites excluding steroid dienone is 1. The molecule has 2 nitrogen and oxygen atoms in total. The van der Waals surface area contributed by atoms with Gasteiger partial charge in [-0.25, -0.2) is 0 Å². The molecule has 0 aliphatic carbocycles. The average molecular weight is 284 g/mol. The largest absolute Gasteiger partial charge is 0.461 e. The maximum absolute atomic E-state index is 9.93. The molecule has 1 aromatic heterocycles. The molecule has 112 valence electrons. The van der Waals surface area contributed by atoms with Crippen LogP contribution in [0.5, 0.6) is 0 Å². The van der Waals surface area contributed by atoms with E-state index in [1.54, 1.807) is 0 Å². The average Bonchev–Trinajstić information content (AvgIpc) is 2.72. The summed E-state index contributed by atoms with van der Waals surface area (Å²) in [6.45, 7) is 10.2. The Kier molecular flexibility index (Phi) is 5.09. The van der Waals surface area contributed by atoms with Crippen molar-refractivity contribution in [3.63, 3.8) is 0 Å². The molecule has 2 rings (SSSR count). The molecule has 1 N–H and O–H groups in total. The number of aliphatic hydroxyl groups is 1. The normalized spacial score (nSPS) is 25.4. The predicted molar refractivity (Wildman–Crippen MR) is 86.7 cm³/mol. The van der Waals surface area contributed by atoms with Gasteiger partial charge in [-0.1, -0.05) is 23.6 Å². The number of aliphatic hydroxyl groups excluding tert-OH is 1. The fraction of sp³-hybridized carbons (Fsp3) is 0.474. The first-order valence-electron chi connectivity index (χ1n) is 7.54. The Morgan fingerprint density at radius 1 is 1.38 bits per heavy atom. The second-order valence-corrected chi connectivity index (χ2v) is 6.07. The lowest BCUT2D eigenvalue weighted by atomic mass is 9.91. The Bertz CT molecular complexity index is 607. The van der Waals surface area contributed by atoms with Crippen molar-refractivity contribution < 1.29 is 9.52 Å².